The van der Waals surface area contributed by atoms with Crippen molar-refractivity contribution in [3.8, 4) is 5.75 Å². The number of aliphatic hydroxyl groups is 1. The fourth-order valence-electron chi connectivity index (χ4n) is 2.38. The van der Waals surface area contributed by atoms with Crippen LogP contribution in [0.2, 0.25) is 0 Å². The molecule has 1 aromatic rings. The van der Waals surface area contributed by atoms with E-state index in [-0.39, 0.29) is 23.3 Å². The summed E-state index contributed by atoms with van der Waals surface area (Å²) in [5.41, 5.74) is 0.779. The van der Waals surface area contributed by atoms with Crippen LogP contribution in [-0.2, 0) is 9.84 Å². The van der Waals surface area contributed by atoms with Crippen molar-refractivity contribution in [2.24, 2.45) is 0 Å². The molecule has 1 aliphatic rings. The minimum atomic E-state index is -3.31. The van der Waals surface area contributed by atoms with Gasteiger partial charge in [0.2, 0.25) is 0 Å². The summed E-state index contributed by atoms with van der Waals surface area (Å²) in [6.45, 7) is 4.66. The van der Waals surface area contributed by atoms with E-state index in [9.17, 15) is 17.9 Å². The highest BCUT2D eigenvalue weighted by Gasteiger charge is 2.38. The van der Waals surface area contributed by atoms with Gasteiger partial charge in [0, 0.05) is 6.04 Å². The second-order valence-electron chi connectivity index (χ2n) is 5.27. The van der Waals surface area contributed by atoms with Crippen molar-refractivity contribution < 1.29 is 22.7 Å². The first-order valence-corrected chi connectivity index (χ1v) is 8.72. The van der Waals surface area contributed by atoms with Crippen LogP contribution in [0.4, 0.5) is 4.39 Å². The molecule has 21 heavy (non-hydrogen) atoms. The first-order valence-electron chi connectivity index (χ1n) is 6.90. The number of ether oxygens (including phenoxy) is 1. The number of sulfone groups is 1. The SMILES string of the molecule is CCNC(C)c1ccc(OC2CS(=O)(=O)CC2O)c(F)c1. The van der Waals surface area contributed by atoms with E-state index < -0.39 is 27.9 Å². The molecule has 1 aromatic carbocycles. The van der Waals surface area contributed by atoms with Gasteiger partial charge in [0.1, 0.15) is 12.2 Å². The van der Waals surface area contributed by atoms with Gasteiger partial charge in [-0.3, -0.25) is 0 Å². The number of aliphatic hydroxyl groups excluding tert-OH is 1. The van der Waals surface area contributed by atoms with Gasteiger partial charge in [-0.05, 0) is 31.2 Å². The van der Waals surface area contributed by atoms with Gasteiger partial charge in [0.05, 0.1) is 11.5 Å². The minimum absolute atomic E-state index is 0.0102. The maximum Gasteiger partial charge on any atom is 0.165 e. The summed E-state index contributed by atoms with van der Waals surface area (Å²) in [5.74, 6) is -1.23. The van der Waals surface area contributed by atoms with Crippen LogP contribution < -0.4 is 10.1 Å². The zero-order valence-corrected chi connectivity index (χ0v) is 12.9. The third-order valence-electron chi connectivity index (χ3n) is 3.52. The van der Waals surface area contributed by atoms with Gasteiger partial charge < -0.3 is 15.2 Å². The molecule has 0 saturated carbocycles. The highest BCUT2D eigenvalue weighted by atomic mass is 32.2. The van der Waals surface area contributed by atoms with E-state index in [4.69, 9.17) is 4.74 Å². The van der Waals surface area contributed by atoms with Gasteiger partial charge >= 0.3 is 0 Å². The summed E-state index contributed by atoms with van der Waals surface area (Å²) in [6.07, 6.45) is -2.03. The molecular formula is C14H20FNO4S. The number of nitrogens with one attached hydrogen (secondary N) is 1. The second-order valence-corrected chi connectivity index (χ2v) is 7.42. The fraction of sp³-hybridized carbons (Fsp3) is 0.571. The van der Waals surface area contributed by atoms with Crippen LogP contribution in [-0.4, -0.2) is 43.8 Å². The standard InChI is InChI=1S/C14H20FNO4S/c1-3-16-9(2)10-4-5-13(11(15)6-10)20-14-8-21(18,19)7-12(14)17/h4-6,9,12,14,16-17H,3,7-8H2,1-2H3. The van der Waals surface area contributed by atoms with Gasteiger partial charge in [-0.25, -0.2) is 12.8 Å². The fourth-order valence-corrected chi connectivity index (χ4v) is 4.04. The van der Waals surface area contributed by atoms with Gasteiger partial charge in [0.25, 0.3) is 0 Å². The summed E-state index contributed by atoms with van der Waals surface area (Å²) in [5, 5.41) is 12.8. The number of halogens is 1. The Hall–Kier alpha value is -1.18. The Balaban J connectivity index is 2.11. The molecule has 118 valence electrons. The first kappa shape index (κ1) is 16.2. The van der Waals surface area contributed by atoms with Crippen molar-refractivity contribution in [1.82, 2.24) is 5.32 Å². The summed E-state index contributed by atoms with van der Waals surface area (Å²) < 4.78 is 42.2. The van der Waals surface area contributed by atoms with Crippen molar-refractivity contribution in [3.63, 3.8) is 0 Å². The van der Waals surface area contributed by atoms with Crippen LogP contribution in [0.1, 0.15) is 25.5 Å². The van der Waals surface area contributed by atoms with Gasteiger partial charge in [-0.1, -0.05) is 13.0 Å². The smallest absolute Gasteiger partial charge is 0.165 e. The van der Waals surface area contributed by atoms with Crippen molar-refractivity contribution in [1.29, 1.82) is 0 Å². The Bertz CT molecular complexity index is 605. The molecule has 2 rings (SSSR count). The average Bonchev–Trinajstić information content (AvgIpc) is 2.65. The molecule has 0 bridgehead atoms. The molecule has 5 nitrogen and oxygen atoms in total. The van der Waals surface area contributed by atoms with E-state index in [0.29, 0.717) is 0 Å². The normalized spacial score (nSPS) is 25.7. The highest BCUT2D eigenvalue weighted by Crippen LogP contribution is 2.25. The molecule has 3 atom stereocenters. The Kier molecular flexibility index (Phi) is 4.85. The molecule has 0 spiro atoms. The number of benzene rings is 1. The van der Waals surface area contributed by atoms with Crippen molar-refractivity contribution >= 4 is 9.84 Å². The Morgan fingerprint density at radius 2 is 2.19 bits per heavy atom. The Morgan fingerprint density at radius 3 is 2.71 bits per heavy atom. The maximum absolute atomic E-state index is 14.0. The summed E-state index contributed by atoms with van der Waals surface area (Å²) in [6, 6.07) is 4.56. The summed E-state index contributed by atoms with van der Waals surface area (Å²) in [7, 11) is -3.31. The molecular weight excluding hydrogens is 297 g/mol. The largest absolute Gasteiger partial charge is 0.484 e. The highest BCUT2D eigenvalue weighted by molar-refractivity contribution is 7.91. The van der Waals surface area contributed by atoms with E-state index >= 15 is 0 Å². The van der Waals surface area contributed by atoms with Crippen LogP contribution in [0.15, 0.2) is 18.2 Å². The Labute approximate surface area is 124 Å². The lowest BCUT2D eigenvalue weighted by Gasteiger charge is -2.18. The van der Waals surface area contributed by atoms with Crippen LogP contribution in [0.5, 0.6) is 5.75 Å². The van der Waals surface area contributed by atoms with Crippen LogP contribution in [0.25, 0.3) is 0 Å². The second kappa shape index (κ2) is 6.29. The lowest BCUT2D eigenvalue weighted by Crippen LogP contribution is -2.30. The molecule has 0 radical (unpaired) electrons. The quantitative estimate of drug-likeness (QED) is 0.848. The Morgan fingerprint density at radius 1 is 1.48 bits per heavy atom. The molecule has 0 aliphatic carbocycles. The molecule has 0 amide bonds. The number of hydrogen-bond acceptors (Lipinski definition) is 5. The lowest BCUT2D eigenvalue weighted by atomic mass is 10.1. The maximum atomic E-state index is 14.0. The zero-order chi connectivity index (χ0) is 15.6. The molecule has 1 aliphatic heterocycles. The predicted octanol–water partition coefficient (Wildman–Crippen LogP) is 1.03. The lowest BCUT2D eigenvalue weighted by molar-refractivity contribution is 0.0710. The molecule has 1 saturated heterocycles. The zero-order valence-electron chi connectivity index (χ0n) is 12.0. The van der Waals surface area contributed by atoms with Gasteiger partial charge in [-0.2, -0.15) is 0 Å². The topological polar surface area (TPSA) is 75.6 Å². The first-order chi connectivity index (χ1) is 9.82. The molecule has 1 heterocycles. The summed E-state index contributed by atoms with van der Waals surface area (Å²) in [4.78, 5) is 0. The van der Waals surface area contributed by atoms with E-state index in [1.54, 1.807) is 6.07 Å². The van der Waals surface area contributed by atoms with Crippen molar-refractivity contribution in [2.45, 2.75) is 32.1 Å². The molecule has 1 fully saturated rings. The molecule has 7 heteroatoms. The monoisotopic (exact) mass is 317 g/mol. The van der Waals surface area contributed by atoms with Crippen molar-refractivity contribution in [2.75, 3.05) is 18.1 Å². The minimum Gasteiger partial charge on any atom is -0.484 e. The van der Waals surface area contributed by atoms with Crippen molar-refractivity contribution in [3.05, 3.63) is 29.6 Å². The van der Waals surface area contributed by atoms with E-state index in [1.165, 1.54) is 12.1 Å². The molecule has 3 unspecified atom stereocenters. The third-order valence-corrected chi connectivity index (χ3v) is 5.20. The van der Waals surface area contributed by atoms with Gasteiger partial charge in [-0.15, -0.1) is 0 Å². The van der Waals surface area contributed by atoms with Crippen LogP contribution >= 0.6 is 0 Å². The predicted molar refractivity (Wildman–Crippen MR) is 77.6 cm³/mol. The van der Waals surface area contributed by atoms with Gasteiger partial charge in [0.15, 0.2) is 21.4 Å². The van der Waals surface area contributed by atoms with Crippen LogP contribution in [0, 0.1) is 5.82 Å². The summed E-state index contributed by atoms with van der Waals surface area (Å²) >= 11 is 0. The molecule has 2 N–H and O–H groups in total. The average molecular weight is 317 g/mol. The van der Waals surface area contributed by atoms with Crippen LogP contribution in [0.3, 0.4) is 0 Å². The number of hydrogen-bond donors (Lipinski definition) is 2. The molecule has 0 aromatic heterocycles. The third kappa shape index (κ3) is 3.93. The van der Waals surface area contributed by atoms with E-state index in [0.717, 1.165) is 12.1 Å². The van der Waals surface area contributed by atoms with E-state index in [2.05, 4.69) is 5.32 Å². The number of rotatable bonds is 5. The van der Waals surface area contributed by atoms with E-state index in [1.807, 2.05) is 13.8 Å².